The van der Waals surface area contributed by atoms with Crippen LogP contribution in [0, 0.1) is 13.8 Å². The van der Waals surface area contributed by atoms with Gasteiger partial charge < -0.3 is 30.6 Å². The molecule has 4 N–H and O–H groups in total. The first-order chi connectivity index (χ1) is 32.5. The van der Waals surface area contributed by atoms with E-state index in [0.717, 1.165) is 62.7 Å². The monoisotopic (exact) mass is 993 g/mol. The fourth-order valence-corrected chi connectivity index (χ4v) is 8.30. The van der Waals surface area contributed by atoms with Crippen LogP contribution in [0.3, 0.4) is 0 Å². The van der Waals surface area contributed by atoms with Crippen molar-refractivity contribution in [3.8, 4) is 23.0 Å². The summed E-state index contributed by atoms with van der Waals surface area (Å²) >= 11 is 0. The number of aliphatic imine (C=N–C) groups is 2. The largest absolute Gasteiger partial charge is 2.00 e. The average molecular weight is 994 g/mol. The number of phenolic OH excluding ortho intramolecular Hbond substituents is 2. The standard InChI is InChI=1S/C36H56N2.2C11H14O4.Ni/c1-7-13-15-17-18-20-22-36(38-34-27-31(11-5)24-32(12-6)28-34)35(21-19-16-14-8-2)37-33-25-29(9-3)23-30(10-4)26-33;2*1-3-4-7-6(2)5-8(12)10(13)9(7)11(14)15;/h23-28H,7-22H2,1-6H3;2*5,12-13H,3-4H2,1-2H3,(H,14,15);/q;;;+2/p-2. The molecule has 0 amide bonds. The number of hydrogen-bond acceptors (Lipinski definition) is 8. The fraction of sp³-hybridized carbons (Fsp3) is 0.517. The summed E-state index contributed by atoms with van der Waals surface area (Å²) in [5, 5.41) is 59.2. The van der Waals surface area contributed by atoms with Gasteiger partial charge in [0.05, 0.1) is 33.9 Å². The third kappa shape index (κ3) is 20.4. The van der Waals surface area contributed by atoms with Crippen LogP contribution in [0.15, 0.2) is 58.5 Å². The molecule has 382 valence electrons. The molecule has 0 aromatic heterocycles. The van der Waals surface area contributed by atoms with Crippen molar-refractivity contribution in [2.45, 2.75) is 198 Å². The van der Waals surface area contributed by atoms with Crippen molar-refractivity contribution in [1.29, 1.82) is 0 Å². The molecule has 0 heterocycles. The minimum Gasteiger partial charge on any atom is -0.869 e. The number of carbonyl (C=O) groups is 2. The first-order valence-electron chi connectivity index (χ1n) is 25.5. The number of hydrogen-bond donors (Lipinski definition) is 4. The Morgan fingerprint density at radius 2 is 0.768 bits per heavy atom. The second-order valence-electron chi connectivity index (χ2n) is 17.8. The van der Waals surface area contributed by atoms with Gasteiger partial charge in [-0.25, -0.2) is 9.59 Å². The molecule has 0 aliphatic carbocycles. The van der Waals surface area contributed by atoms with Crippen molar-refractivity contribution in [2.75, 3.05) is 0 Å². The van der Waals surface area contributed by atoms with Gasteiger partial charge in [-0.15, -0.1) is 0 Å². The van der Waals surface area contributed by atoms with Gasteiger partial charge in [-0.05, 0) is 159 Å². The van der Waals surface area contributed by atoms with E-state index in [-0.39, 0.29) is 27.6 Å². The van der Waals surface area contributed by atoms with E-state index in [1.165, 1.54) is 110 Å². The Morgan fingerprint density at radius 1 is 0.464 bits per heavy atom. The maximum atomic E-state index is 11.4. The van der Waals surface area contributed by atoms with E-state index in [4.69, 9.17) is 20.2 Å². The Hall–Kier alpha value is -5.15. The Balaban J connectivity index is 0.000000626. The van der Waals surface area contributed by atoms with E-state index in [9.17, 15) is 30.0 Å². The predicted octanol–water partition coefficient (Wildman–Crippen LogP) is 14.3. The van der Waals surface area contributed by atoms with Crippen molar-refractivity contribution in [2.24, 2.45) is 9.98 Å². The van der Waals surface area contributed by atoms with E-state index in [1.807, 2.05) is 13.8 Å². The van der Waals surface area contributed by atoms with Crippen LogP contribution in [-0.2, 0) is 55.0 Å². The first-order valence-corrected chi connectivity index (χ1v) is 25.5. The number of benzene rings is 4. The molecule has 0 saturated heterocycles. The van der Waals surface area contributed by atoms with Gasteiger partial charge in [0.2, 0.25) is 0 Å². The van der Waals surface area contributed by atoms with Crippen LogP contribution in [0.25, 0.3) is 0 Å². The summed E-state index contributed by atoms with van der Waals surface area (Å²) < 4.78 is 0. The normalized spacial score (nSPS) is 11.3. The third-order valence-electron chi connectivity index (χ3n) is 12.2. The van der Waals surface area contributed by atoms with Gasteiger partial charge in [0, 0.05) is 0 Å². The second kappa shape index (κ2) is 33.4. The molecular formula is C58H82N2NiO8. The van der Waals surface area contributed by atoms with E-state index in [0.29, 0.717) is 35.1 Å². The summed E-state index contributed by atoms with van der Waals surface area (Å²) in [5.74, 6) is -5.13. The molecule has 0 spiro atoms. The van der Waals surface area contributed by atoms with Crippen LogP contribution < -0.4 is 10.2 Å². The van der Waals surface area contributed by atoms with Crippen LogP contribution >= 0.6 is 0 Å². The number of carboxylic acids is 2. The summed E-state index contributed by atoms with van der Waals surface area (Å²) in [6.07, 6.45) is 21.6. The molecule has 4 rings (SSSR count). The van der Waals surface area contributed by atoms with E-state index >= 15 is 0 Å². The first kappa shape index (κ1) is 61.9. The smallest absolute Gasteiger partial charge is 0.869 e. The van der Waals surface area contributed by atoms with Crippen LogP contribution in [-0.4, -0.2) is 43.8 Å². The quantitative estimate of drug-likeness (QED) is 0.0287. The summed E-state index contributed by atoms with van der Waals surface area (Å²) in [4.78, 5) is 32.6. The Kier molecular flexibility index (Phi) is 29.9. The minimum absolute atomic E-state index is 0. The molecule has 0 saturated carbocycles. The summed E-state index contributed by atoms with van der Waals surface area (Å²) in [7, 11) is 0. The van der Waals surface area contributed by atoms with Crippen LogP contribution in [0.5, 0.6) is 23.0 Å². The number of aryl methyl sites for hydroxylation is 6. The molecule has 4 aromatic carbocycles. The zero-order chi connectivity index (χ0) is 50.8. The fourth-order valence-electron chi connectivity index (χ4n) is 8.30. The molecule has 4 aromatic rings. The van der Waals surface area contributed by atoms with Gasteiger partial charge >= 0.3 is 28.4 Å². The third-order valence-corrected chi connectivity index (χ3v) is 12.2. The molecule has 0 radical (unpaired) electrons. The van der Waals surface area contributed by atoms with Gasteiger partial charge in [0.1, 0.15) is 11.5 Å². The zero-order valence-electron chi connectivity index (χ0n) is 43.4. The van der Waals surface area contributed by atoms with Crippen molar-refractivity contribution in [3.63, 3.8) is 0 Å². The second-order valence-corrected chi connectivity index (χ2v) is 17.8. The van der Waals surface area contributed by atoms with Crippen LogP contribution in [0.4, 0.5) is 11.4 Å². The van der Waals surface area contributed by atoms with E-state index in [2.05, 4.69) is 77.9 Å². The Bertz CT molecular complexity index is 2160. The predicted molar refractivity (Wildman–Crippen MR) is 278 cm³/mol. The van der Waals surface area contributed by atoms with Crippen molar-refractivity contribution in [1.82, 2.24) is 0 Å². The molecule has 0 fully saturated rings. The average Bonchev–Trinajstić information content (AvgIpc) is 3.31. The number of phenols is 2. The molecule has 0 atom stereocenters. The SMILES string of the molecule is CCCCCCCCC(=Nc1cc(CC)cc(CC)c1)C(CCCCCC)=Nc1cc(CC)cc(CC)c1.CCCc1c(C)cc(O)c([O-])c1C(=O)O.CCCc1c(C)cc(O)c([O-])c1C(=O)O.[Ni+2]. The topological polar surface area (TPSA) is 186 Å². The van der Waals surface area contributed by atoms with Crippen LogP contribution in [0.2, 0.25) is 0 Å². The number of rotatable bonds is 25. The van der Waals surface area contributed by atoms with Gasteiger partial charge in [-0.2, -0.15) is 0 Å². The van der Waals surface area contributed by atoms with Gasteiger partial charge in [0.15, 0.2) is 0 Å². The molecular weight excluding hydrogens is 911 g/mol. The van der Waals surface area contributed by atoms with E-state index < -0.39 is 34.9 Å². The molecule has 0 bridgehead atoms. The summed E-state index contributed by atoms with van der Waals surface area (Å²) in [6.45, 7) is 20.7. The van der Waals surface area contributed by atoms with Gasteiger partial charge in [-0.3, -0.25) is 9.98 Å². The molecule has 11 heteroatoms. The van der Waals surface area contributed by atoms with Crippen molar-refractivity contribution in [3.05, 3.63) is 104 Å². The number of aromatic carboxylic acids is 2. The molecule has 69 heavy (non-hydrogen) atoms. The molecule has 0 aliphatic rings. The number of nitrogens with zero attached hydrogens (tertiary/aromatic N) is 2. The molecule has 0 aliphatic heterocycles. The number of unbranched alkanes of at least 4 members (excludes halogenated alkanes) is 8. The van der Waals surface area contributed by atoms with Crippen molar-refractivity contribution < 1.29 is 56.7 Å². The van der Waals surface area contributed by atoms with Gasteiger partial charge in [0.25, 0.3) is 0 Å². The summed E-state index contributed by atoms with van der Waals surface area (Å²) in [5.41, 5.74) is 11.9. The van der Waals surface area contributed by atoms with E-state index in [1.54, 1.807) is 13.8 Å². The van der Waals surface area contributed by atoms with Gasteiger partial charge in [-0.1, -0.05) is 143 Å². The molecule has 10 nitrogen and oxygen atoms in total. The molecule has 0 unspecified atom stereocenters. The Labute approximate surface area is 424 Å². The zero-order valence-corrected chi connectivity index (χ0v) is 44.4. The van der Waals surface area contributed by atoms with Crippen LogP contribution in [0.1, 0.15) is 211 Å². The number of carboxylic acid groups (broad SMARTS) is 2. The number of aromatic hydroxyl groups is 2. The van der Waals surface area contributed by atoms with Crippen molar-refractivity contribution >= 4 is 34.7 Å². The maximum absolute atomic E-state index is 11.4. The maximum Gasteiger partial charge on any atom is 2.00 e. The minimum atomic E-state index is -1.28. The summed E-state index contributed by atoms with van der Waals surface area (Å²) in [6, 6.07) is 16.5. The Morgan fingerprint density at radius 3 is 1.06 bits per heavy atom.